The molecule has 0 radical (unpaired) electrons. The Balaban J connectivity index is 2.32. The summed E-state index contributed by atoms with van der Waals surface area (Å²) in [4.78, 5) is 2.23. The van der Waals surface area contributed by atoms with Gasteiger partial charge in [-0.15, -0.1) is 0 Å². The van der Waals surface area contributed by atoms with Crippen LogP contribution in [0.15, 0.2) is 24.3 Å². The van der Waals surface area contributed by atoms with Crippen LogP contribution in [-0.4, -0.2) is 38.3 Å². The standard InChI is InChI=1S/C14H23ClN2O/c1-3-18-11-10-17(2)9-8-14(16)12-6-4-5-7-13(12)15/h4-7,14H,3,8-11,16H2,1-2H3. The van der Waals surface area contributed by atoms with Gasteiger partial charge in [0.1, 0.15) is 0 Å². The first-order chi connectivity index (χ1) is 8.65. The second-order valence-corrected chi connectivity index (χ2v) is 4.82. The highest BCUT2D eigenvalue weighted by atomic mass is 35.5. The average Bonchev–Trinajstić information content (AvgIpc) is 2.37. The summed E-state index contributed by atoms with van der Waals surface area (Å²) in [6.45, 7) is 5.43. The van der Waals surface area contributed by atoms with Crippen LogP contribution in [0.1, 0.15) is 24.9 Å². The van der Waals surface area contributed by atoms with Gasteiger partial charge in [0.25, 0.3) is 0 Å². The molecule has 1 unspecified atom stereocenters. The van der Waals surface area contributed by atoms with Gasteiger partial charge in [-0.1, -0.05) is 29.8 Å². The van der Waals surface area contributed by atoms with Crippen molar-refractivity contribution in [3.05, 3.63) is 34.9 Å². The maximum atomic E-state index is 6.16. The van der Waals surface area contributed by atoms with Crippen molar-refractivity contribution in [1.29, 1.82) is 0 Å². The predicted octanol–water partition coefficient (Wildman–Crippen LogP) is 2.70. The Morgan fingerprint density at radius 2 is 2.06 bits per heavy atom. The van der Waals surface area contributed by atoms with Crippen LogP contribution in [0.25, 0.3) is 0 Å². The third-order valence-electron chi connectivity index (χ3n) is 2.95. The number of ether oxygens (including phenoxy) is 1. The summed E-state index contributed by atoms with van der Waals surface area (Å²) in [5.74, 6) is 0. The molecule has 0 aromatic heterocycles. The molecule has 18 heavy (non-hydrogen) atoms. The van der Waals surface area contributed by atoms with Gasteiger partial charge < -0.3 is 15.4 Å². The van der Waals surface area contributed by atoms with Crippen LogP contribution < -0.4 is 5.73 Å². The van der Waals surface area contributed by atoms with Gasteiger partial charge in [-0.2, -0.15) is 0 Å². The van der Waals surface area contributed by atoms with E-state index in [0.29, 0.717) is 0 Å². The van der Waals surface area contributed by atoms with Crippen LogP contribution in [0.2, 0.25) is 5.02 Å². The fourth-order valence-corrected chi connectivity index (χ4v) is 2.04. The van der Waals surface area contributed by atoms with E-state index < -0.39 is 0 Å². The van der Waals surface area contributed by atoms with Gasteiger partial charge >= 0.3 is 0 Å². The number of hydrogen-bond acceptors (Lipinski definition) is 3. The summed E-state index contributed by atoms with van der Waals surface area (Å²) in [6, 6.07) is 7.77. The van der Waals surface area contributed by atoms with E-state index in [-0.39, 0.29) is 6.04 Å². The number of benzene rings is 1. The van der Waals surface area contributed by atoms with Gasteiger partial charge in [0.05, 0.1) is 6.61 Å². The zero-order valence-corrected chi connectivity index (χ0v) is 12.0. The molecule has 1 atom stereocenters. The highest BCUT2D eigenvalue weighted by molar-refractivity contribution is 6.31. The minimum atomic E-state index is -0.00626. The molecule has 2 N–H and O–H groups in total. The molecule has 0 bridgehead atoms. The van der Waals surface area contributed by atoms with Crippen molar-refractivity contribution in [2.24, 2.45) is 5.73 Å². The normalized spacial score (nSPS) is 12.9. The largest absolute Gasteiger partial charge is 0.380 e. The molecule has 0 aliphatic rings. The number of nitrogens with zero attached hydrogens (tertiary/aromatic N) is 1. The minimum absolute atomic E-state index is 0.00626. The molecular weight excluding hydrogens is 248 g/mol. The van der Waals surface area contributed by atoms with Crippen LogP contribution in [-0.2, 0) is 4.74 Å². The fraction of sp³-hybridized carbons (Fsp3) is 0.571. The Morgan fingerprint density at radius 1 is 1.33 bits per heavy atom. The van der Waals surface area contributed by atoms with E-state index in [4.69, 9.17) is 22.1 Å². The molecule has 0 aliphatic heterocycles. The van der Waals surface area contributed by atoms with Gasteiger partial charge in [-0.25, -0.2) is 0 Å². The zero-order chi connectivity index (χ0) is 13.4. The number of rotatable bonds is 8. The number of hydrogen-bond donors (Lipinski definition) is 1. The van der Waals surface area contributed by atoms with E-state index >= 15 is 0 Å². The molecule has 0 aliphatic carbocycles. The van der Waals surface area contributed by atoms with Gasteiger partial charge in [0.2, 0.25) is 0 Å². The lowest BCUT2D eigenvalue weighted by molar-refractivity contribution is 0.121. The lowest BCUT2D eigenvalue weighted by Crippen LogP contribution is -2.27. The SMILES string of the molecule is CCOCCN(C)CCC(N)c1ccccc1Cl. The van der Waals surface area contributed by atoms with Gasteiger partial charge in [-0.05, 0) is 38.6 Å². The second-order valence-electron chi connectivity index (χ2n) is 4.42. The summed E-state index contributed by atoms with van der Waals surface area (Å²) in [5, 5.41) is 0.752. The van der Waals surface area contributed by atoms with Crippen molar-refractivity contribution in [3.8, 4) is 0 Å². The van der Waals surface area contributed by atoms with E-state index in [1.165, 1.54) is 0 Å². The van der Waals surface area contributed by atoms with Crippen molar-refractivity contribution in [1.82, 2.24) is 4.90 Å². The van der Waals surface area contributed by atoms with Crippen molar-refractivity contribution < 1.29 is 4.74 Å². The topological polar surface area (TPSA) is 38.5 Å². The Labute approximate surface area is 115 Å². The number of nitrogens with two attached hydrogens (primary N) is 1. The average molecular weight is 271 g/mol. The van der Waals surface area contributed by atoms with Gasteiger partial charge in [0, 0.05) is 24.2 Å². The summed E-state index contributed by atoms with van der Waals surface area (Å²) in [5.41, 5.74) is 7.18. The summed E-state index contributed by atoms with van der Waals surface area (Å²) < 4.78 is 5.32. The predicted molar refractivity (Wildman–Crippen MR) is 77.0 cm³/mol. The lowest BCUT2D eigenvalue weighted by atomic mass is 10.0. The molecule has 102 valence electrons. The first kappa shape index (κ1) is 15.4. The van der Waals surface area contributed by atoms with E-state index in [1.54, 1.807) is 0 Å². The van der Waals surface area contributed by atoms with E-state index in [9.17, 15) is 0 Å². The first-order valence-corrected chi connectivity index (χ1v) is 6.79. The maximum Gasteiger partial charge on any atom is 0.0593 e. The highest BCUT2D eigenvalue weighted by Crippen LogP contribution is 2.22. The van der Waals surface area contributed by atoms with Crippen molar-refractivity contribution >= 4 is 11.6 Å². The van der Waals surface area contributed by atoms with Gasteiger partial charge in [0.15, 0.2) is 0 Å². The molecule has 0 heterocycles. The summed E-state index contributed by atoms with van der Waals surface area (Å²) in [7, 11) is 2.08. The van der Waals surface area contributed by atoms with Crippen LogP contribution in [0, 0.1) is 0 Å². The van der Waals surface area contributed by atoms with Crippen molar-refractivity contribution in [2.75, 3.05) is 33.4 Å². The van der Waals surface area contributed by atoms with Crippen LogP contribution in [0.4, 0.5) is 0 Å². The number of halogens is 1. The first-order valence-electron chi connectivity index (χ1n) is 6.41. The Bertz CT molecular complexity index is 346. The Morgan fingerprint density at radius 3 is 2.72 bits per heavy atom. The molecule has 0 amide bonds. The fourth-order valence-electron chi connectivity index (χ4n) is 1.77. The molecule has 4 heteroatoms. The second kappa shape index (κ2) is 8.48. The highest BCUT2D eigenvalue weighted by Gasteiger charge is 2.10. The molecule has 1 aromatic carbocycles. The Hall–Kier alpha value is -0.610. The van der Waals surface area contributed by atoms with E-state index in [2.05, 4.69) is 11.9 Å². The molecule has 3 nitrogen and oxygen atoms in total. The lowest BCUT2D eigenvalue weighted by Gasteiger charge is -2.20. The minimum Gasteiger partial charge on any atom is -0.380 e. The van der Waals surface area contributed by atoms with E-state index in [1.807, 2.05) is 31.2 Å². The zero-order valence-electron chi connectivity index (χ0n) is 11.2. The van der Waals surface area contributed by atoms with Crippen LogP contribution in [0.3, 0.4) is 0 Å². The van der Waals surface area contributed by atoms with Crippen LogP contribution >= 0.6 is 11.6 Å². The molecule has 0 saturated heterocycles. The maximum absolute atomic E-state index is 6.16. The van der Waals surface area contributed by atoms with E-state index in [0.717, 1.165) is 43.3 Å². The smallest absolute Gasteiger partial charge is 0.0593 e. The molecule has 1 aromatic rings. The quantitative estimate of drug-likeness (QED) is 0.738. The number of likely N-dealkylation sites (N-methyl/N-ethyl adjacent to an activating group) is 1. The molecule has 0 saturated carbocycles. The third kappa shape index (κ3) is 5.36. The monoisotopic (exact) mass is 270 g/mol. The third-order valence-corrected chi connectivity index (χ3v) is 3.29. The summed E-state index contributed by atoms with van der Waals surface area (Å²) >= 11 is 6.12. The molecule has 1 rings (SSSR count). The van der Waals surface area contributed by atoms with Crippen molar-refractivity contribution in [3.63, 3.8) is 0 Å². The van der Waals surface area contributed by atoms with Gasteiger partial charge in [-0.3, -0.25) is 0 Å². The molecule has 0 fully saturated rings. The van der Waals surface area contributed by atoms with Crippen LogP contribution in [0.5, 0.6) is 0 Å². The summed E-state index contributed by atoms with van der Waals surface area (Å²) in [6.07, 6.45) is 0.895. The van der Waals surface area contributed by atoms with Crippen molar-refractivity contribution in [2.45, 2.75) is 19.4 Å². The Kier molecular flexibility index (Phi) is 7.28. The molecule has 0 spiro atoms. The molecular formula is C14H23ClN2O.